The number of likely N-dealkylation sites (tertiary alicyclic amines) is 1. The molecule has 0 aromatic heterocycles. The van der Waals surface area contributed by atoms with Crippen LogP contribution in [0, 0.1) is 11.8 Å². The number of amides is 3. The Hall–Kier alpha value is -2.84. The molecule has 4 fully saturated rings. The van der Waals surface area contributed by atoms with Crippen molar-refractivity contribution in [3.63, 3.8) is 0 Å². The number of nitrogens with zero attached hydrogens (tertiary/aromatic N) is 1. The summed E-state index contributed by atoms with van der Waals surface area (Å²) in [5.41, 5.74) is 1.70. The number of carbonyl (C=O) groups is 3. The first-order chi connectivity index (χ1) is 19.4. The van der Waals surface area contributed by atoms with Crippen LogP contribution in [0.4, 0.5) is 5.69 Å². The van der Waals surface area contributed by atoms with Crippen LogP contribution < -0.4 is 10.6 Å². The molecule has 40 heavy (non-hydrogen) atoms. The third kappa shape index (κ3) is 4.63. The summed E-state index contributed by atoms with van der Waals surface area (Å²) in [5, 5.41) is 17.0. The summed E-state index contributed by atoms with van der Waals surface area (Å²) in [7, 11) is 0. The molecule has 3 amide bonds. The fourth-order valence-electron chi connectivity index (χ4n) is 7.86. The summed E-state index contributed by atoms with van der Waals surface area (Å²) < 4.78 is -1.14. The van der Waals surface area contributed by atoms with Gasteiger partial charge in [0.25, 0.3) is 0 Å². The minimum absolute atomic E-state index is 0.103. The number of hydrogen-bond donors (Lipinski definition) is 3. The highest BCUT2D eigenvalue weighted by Crippen LogP contribution is 2.71. The summed E-state index contributed by atoms with van der Waals surface area (Å²) in [5.74, 6) is -1.66. The van der Waals surface area contributed by atoms with Crippen LogP contribution >= 0.6 is 11.8 Å². The van der Waals surface area contributed by atoms with Crippen molar-refractivity contribution in [3.8, 4) is 0 Å². The monoisotopic (exact) mass is 561 g/mol. The van der Waals surface area contributed by atoms with Gasteiger partial charge in [0.15, 0.2) is 0 Å². The van der Waals surface area contributed by atoms with Crippen molar-refractivity contribution in [2.45, 2.75) is 85.9 Å². The molecule has 2 bridgehead atoms. The average molecular weight is 562 g/mol. The van der Waals surface area contributed by atoms with Gasteiger partial charge < -0.3 is 20.6 Å². The van der Waals surface area contributed by atoms with Gasteiger partial charge in [0.2, 0.25) is 17.7 Å². The maximum Gasteiger partial charge on any atom is 0.244 e. The van der Waals surface area contributed by atoms with Gasteiger partial charge in [-0.2, -0.15) is 0 Å². The van der Waals surface area contributed by atoms with E-state index in [-0.39, 0.29) is 30.4 Å². The van der Waals surface area contributed by atoms with Crippen LogP contribution in [-0.4, -0.2) is 62.0 Å². The Bertz CT molecular complexity index is 1250. The van der Waals surface area contributed by atoms with Crippen LogP contribution in [0.2, 0.25) is 0 Å². The Morgan fingerprint density at radius 1 is 1.00 bits per heavy atom. The molecule has 6 rings (SSSR count). The maximum absolute atomic E-state index is 14.5. The zero-order chi connectivity index (χ0) is 27.9. The summed E-state index contributed by atoms with van der Waals surface area (Å²) >= 11 is 1.67. The fraction of sp³-hybridized carbons (Fsp3) is 0.531. The van der Waals surface area contributed by atoms with Crippen LogP contribution in [0.3, 0.4) is 0 Å². The van der Waals surface area contributed by atoms with Gasteiger partial charge in [0.1, 0.15) is 6.04 Å². The molecular formula is C32H39N3O4S. The third-order valence-electron chi connectivity index (χ3n) is 9.66. The fourth-order valence-corrected chi connectivity index (χ4v) is 10.2. The molecule has 2 aromatic carbocycles. The lowest BCUT2D eigenvalue weighted by Crippen LogP contribution is -2.58. The van der Waals surface area contributed by atoms with Crippen molar-refractivity contribution in [2.24, 2.45) is 11.8 Å². The molecule has 0 radical (unpaired) electrons. The maximum atomic E-state index is 14.5. The van der Waals surface area contributed by atoms with E-state index in [2.05, 4.69) is 17.6 Å². The molecule has 3 N–H and O–H groups in total. The molecule has 2 aromatic rings. The molecule has 2 unspecified atom stereocenters. The van der Waals surface area contributed by atoms with Gasteiger partial charge in [-0.1, -0.05) is 67.8 Å². The van der Waals surface area contributed by atoms with Gasteiger partial charge in [-0.25, -0.2) is 0 Å². The second-order valence-corrected chi connectivity index (χ2v) is 14.1. The van der Waals surface area contributed by atoms with E-state index in [1.165, 1.54) is 6.42 Å². The first-order valence-corrected chi connectivity index (χ1v) is 15.5. The average Bonchev–Trinajstić information content (AvgIpc) is 3.54. The lowest BCUT2D eigenvalue weighted by molar-refractivity contribution is -0.142. The number of para-hydroxylation sites is 1. The molecular weight excluding hydrogens is 522 g/mol. The van der Waals surface area contributed by atoms with Gasteiger partial charge >= 0.3 is 0 Å². The van der Waals surface area contributed by atoms with Crippen molar-refractivity contribution in [1.29, 1.82) is 0 Å². The molecule has 3 saturated heterocycles. The lowest BCUT2D eigenvalue weighted by Gasteiger charge is -2.38. The molecule has 212 valence electrons. The number of aliphatic hydroxyl groups is 1. The number of nitrogens with one attached hydrogen (secondary N) is 2. The van der Waals surface area contributed by atoms with E-state index in [4.69, 9.17) is 0 Å². The number of carbonyl (C=O) groups excluding carboxylic acids is 3. The molecule has 4 aliphatic rings. The molecule has 1 spiro atoms. The number of anilines is 1. The molecule has 1 aliphatic carbocycles. The number of benzene rings is 2. The number of hydrogen-bond acceptors (Lipinski definition) is 5. The Morgan fingerprint density at radius 3 is 2.35 bits per heavy atom. The van der Waals surface area contributed by atoms with E-state index < -0.39 is 33.4 Å². The van der Waals surface area contributed by atoms with Crippen molar-refractivity contribution in [2.75, 3.05) is 11.9 Å². The highest BCUT2D eigenvalue weighted by atomic mass is 32.2. The zero-order valence-electron chi connectivity index (χ0n) is 23.1. The van der Waals surface area contributed by atoms with E-state index >= 15 is 0 Å². The minimum Gasteiger partial charge on any atom is -0.394 e. The Balaban J connectivity index is 1.37. The Labute approximate surface area is 240 Å². The topological polar surface area (TPSA) is 98.7 Å². The summed E-state index contributed by atoms with van der Waals surface area (Å²) in [4.78, 5) is 44.3. The Morgan fingerprint density at radius 2 is 1.68 bits per heavy atom. The number of thioether (sulfide) groups is 1. The van der Waals surface area contributed by atoms with Gasteiger partial charge in [-0.05, 0) is 56.7 Å². The van der Waals surface area contributed by atoms with Gasteiger partial charge in [-0.3, -0.25) is 14.4 Å². The van der Waals surface area contributed by atoms with Gasteiger partial charge in [-0.15, -0.1) is 11.8 Å². The lowest BCUT2D eigenvalue weighted by atomic mass is 9.66. The van der Waals surface area contributed by atoms with Crippen molar-refractivity contribution < 1.29 is 19.5 Å². The SMILES string of the molecule is C[C@@]12CCC3(S1)C(C(=O)NC1CCCCC1)N([C@@H](CO)Cc1ccccc1)C(=O)[C@@H]3[C@@H]2C(=O)Nc1ccccc1. The van der Waals surface area contributed by atoms with Crippen molar-refractivity contribution in [3.05, 3.63) is 66.2 Å². The summed E-state index contributed by atoms with van der Waals surface area (Å²) in [6.07, 6.45) is 7.17. The summed E-state index contributed by atoms with van der Waals surface area (Å²) in [6, 6.07) is 18.0. The molecule has 8 heteroatoms. The highest BCUT2D eigenvalue weighted by molar-refractivity contribution is 8.02. The zero-order valence-corrected chi connectivity index (χ0v) is 23.9. The number of fused-ring (bicyclic) bond motifs is 1. The molecule has 1 saturated carbocycles. The first-order valence-electron chi connectivity index (χ1n) is 14.7. The van der Waals surface area contributed by atoms with Crippen molar-refractivity contribution in [1.82, 2.24) is 10.2 Å². The summed E-state index contributed by atoms with van der Waals surface area (Å²) in [6.45, 7) is 1.83. The first kappa shape index (κ1) is 27.3. The van der Waals surface area contributed by atoms with Crippen LogP contribution in [-0.2, 0) is 20.8 Å². The minimum atomic E-state index is -0.728. The van der Waals surface area contributed by atoms with Gasteiger partial charge in [0, 0.05) is 16.5 Å². The number of rotatable bonds is 8. The Kier molecular flexibility index (Phi) is 7.42. The van der Waals surface area contributed by atoms with Crippen LogP contribution in [0.5, 0.6) is 0 Å². The predicted octanol–water partition coefficient (Wildman–Crippen LogP) is 4.16. The molecule has 3 heterocycles. The van der Waals surface area contributed by atoms with E-state index in [1.807, 2.05) is 60.7 Å². The molecule has 3 aliphatic heterocycles. The smallest absolute Gasteiger partial charge is 0.244 e. The highest BCUT2D eigenvalue weighted by Gasteiger charge is 2.77. The second kappa shape index (κ2) is 10.9. The predicted molar refractivity (Wildman–Crippen MR) is 157 cm³/mol. The quantitative estimate of drug-likeness (QED) is 0.450. The standard InChI is InChI=1S/C32H39N3O4S/c1-31-17-18-32(40-31)26(25(31)28(37)33-22-13-7-3-8-14-22)30(39)35(24(20-36)19-21-11-5-2-6-12-21)27(32)29(38)34-23-15-9-4-10-16-23/h2-3,5-8,11-14,23-27,36H,4,9-10,15-20H2,1H3,(H,33,37)(H,34,38)/t24-,25-,26+,27?,31+,32?/m1/s1. The second-order valence-electron chi connectivity index (χ2n) is 12.2. The van der Waals surface area contributed by atoms with E-state index in [9.17, 15) is 19.5 Å². The normalized spacial score (nSPS) is 32.1. The largest absolute Gasteiger partial charge is 0.394 e. The van der Waals surface area contributed by atoms with Gasteiger partial charge in [0.05, 0.1) is 29.2 Å². The van der Waals surface area contributed by atoms with Crippen LogP contribution in [0.25, 0.3) is 0 Å². The molecule has 6 atom stereocenters. The van der Waals surface area contributed by atoms with Crippen LogP contribution in [0.15, 0.2) is 60.7 Å². The number of aliphatic hydroxyl groups excluding tert-OH is 1. The van der Waals surface area contributed by atoms with E-state index in [1.54, 1.807) is 16.7 Å². The third-order valence-corrected chi connectivity index (χ3v) is 11.6. The van der Waals surface area contributed by atoms with E-state index in [0.29, 0.717) is 18.5 Å². The van der Waals surface area contributed by atoms with Crippen molar-refractivity contribution >= 4 is 35.2 Å². The molecule has 7 nitrogen and oxygen atoms in total. The van der Waals surface area contributed by atoms with Crippen LogP contribution in [0.1, 0.15) is 57.4 Å². The van der Waals surface area contributed by atoms with E-state index in [0.717, 1.165) is 37.7 Å².